The topological polar surface area (TPSA) is 57.5 Å². The van der Waals surface area contributed by atoms with Crippen molar-refractivity contribution < 1.29 is 15.0 Å². The fourth-order valence-electron chi connectivity index (χ4n) is 0.329. The van der Waals surface area contributed by atoms with Crippen LogP contribution in [0.1, 0.15) is 13.8 Å². The zero-order valence-corrected chi connectivity index (χ0v) is 5.38. The summed E-state index contributed by atoms with van der Waals surface area (Å²) in [5, 5.41) is 17.3. The second-order valence-electron chi connectivity index (χ2n) is 1.91. The van der Waals surface area contributed by atoms with Gasteiger partial charge in [-0.05, 0) is 19.4 Å². The lowest BCUT2D eigenvalue weighted by Gasteiger charge is -2.01. The van der Waals surface area contributed by atoms with E-state index in [1.807, 2.05) is 0 Å². The molecule has 51 valence electrons. The Morgan fingerprint density at radius 1 is 1.56 bits per heavy atom. The zero-order chi connectivity index (χ0) is 7.44. The molecule has 0 rings (SSSR count). The summed E-state index contributed by atoms with van der Waals surface area (Å²) in [6, 6.07) is 0. The lowest BCUT2D eigenvalue weighted by molar-refractivity contribution is 0.200. The maximum Gasteiger partial charge on any atom is 0.237 e. The predicted molar refractivity (Wildman–Crippen MR) is 32.7 cm³/mol. The van der Waals surface area contributed by atoms with Crippen LogP contribution in [0.2, 0.25) is 0 Å². The van der Waals surface area contributed by atoms with Crippen LogP contribution >= 0.6 is 0 Å². The number of aliphatic hydroxyl groups excluding tert-OH is 2. The number of hydrogen-bond acceptors (Lipinski definition) is 3. The van der Waals surface area contributed by atoms with Crippen molar-refractivity contribution in [2.75, 3.05) is 0 Å². The molecule has 9 heavy (non-hydrogen) atoms. The van der Waals surface area contributed by atoms with Crippen LogP contribution in [0, 0.1) is 0 Å². The summed E-state index contributed by atoms with van der Waals surface area (Å²) in [7, 11) is 0. The van der Waals surface area contributed by atoms with Crippen molar-refractivity contribution in [1.29, 1.82) is 0 Å². The van der Waals surface area contributed by atoms with Crippen LogP contribution in [0.5, 0.6) is 0 Å². The van der Waals surface area contributed by atoms with Crippen molar-refractivity contribution in [2.24, 2.45) is 0 Å². The van der Waals surface area contributed by atoms with Gasteiger partial charge in [-0.1, -0.05) is 0 Å². The van der Waals surface area contributed by atoms with Crippen molar-refractivity contribution in [3.8, 4) is 0 Å². The van der Waals surface area contributed by atoms with Gasteiger partial charge >= 0.3 is 0 Å². The molecule has 0 saturated carbocycles. The van der Waals surface area contributed by atoms with Crippen molar-refractivity contribution >= 4 is 6.29 Å². The van der Waals surface area contributed by atoms with E-state index < -0.39 is 6.10 Å². The van der Waals surface area contributed by atoms with Crippen LogP contribution in [0.25, 0.3) is 0 Å². The van der Waals surface area contributed by atoms with E-state index in [2.05, 4.69) is 0 Å². The van der Waals surface area contributed by atoms with Crippen LogP contribution in [0.15, 0.2) is 11.3 Å². The molecule has 0 aromatic heterocycles. The van der Waals surface area contributed by atoms with Gasteiger partial charge in [0.05, 0.1) is 0 Å². The highest BCUT2D eigenvalue weighted by Gasteiger charge is 2.08. The molecule has 0 aromatic rings. The first-order valence-corrected chi connectivity index (χ1v) is 2.51. The molecule has 3 heteroatoms. The van der Waals surface area contributed by atoms with Gasteiger partial charge < -0.3 is 10.2 Å². The van der Waals surface area contributed by atoms with Gasteiger partial charge in [0.25, 0.3) is 0 Å². The van der Waals surface area contributed by atoms with E-state index in [1.165, 1.54) is 6.29 Å². The lowest BCUT2D eigenvalue weighted by atomic mass is 10.2. The Balaban J connectivity index is 4.19. The minimum absolute atomic E-state index is 0.315. The molecule has 0 saturated heterocycles. The highest BCUT2D eigenvalue weighted by atomic mass is 16.3. The maximum atomic E-state index is 9.68. The molecular formula is C6H9O3. The van der Waals surface area contributed by atoms with Gasteiger partial charge in [0.2, 0.25) is 6.29 Å². The molecule has 1 atom stereocenters. The molecule has 2 N–H and O–H groups in total. The Hall–Kier alpha value is -0.830. The van der Waals surface area contributed by atoms with E-state index in [9.17, 15) is 4.79 Å². The van der Waals surface area contributed by atoms with Gasteiger partial charge in [-0.15, -0.1) is 0 Å². The van der Waals surface area contributed by atoms with E-state index in [0.29, 0.717) is 5.57 Å². The van der Waals surface area contributed by atoms with E-state index in [4.69, 9.17) is 10.2 Å². The van der Waals surface area contributed by atoms with Gasteiger partial charge in [0, 0.05) is 0 Å². The zero-order valence-electron chi connectivity index (χ0n) is 5.38. The molecule has 0 aliphatic carbocycles. The number of rotatable bonds is 2. The first kappa shape index (κ1) is 8.17. The smallest absolute Gasteiger partial charge is 0.237 e. The van der Waals surface area contributed by atoms with Crippen molar-refractivity contribution in [1.82, 2.24) is 0 Å². The largest absolute Gasteiger partial charge is 0.509 e. The molecule has 0 amide bonds. The SMILES string of the molecule is CC(C)=C(O)C(O)[C]=O. The third-order valence-corrected chi connectivity index (χ3v) is 0.883. The third kappa shape index (κ3) is 2.28. The standard InChI is InChI=1S/C6H9O3/c1-4(2)6(9)5(8)3-7/h5,8-9H,1-2H3. The first-order valence-electron chi connectivity index (χ1n) is 2.51. The maximum absolute atomic E-state index is 9.68. The summed E-state index contributed by atoms with van der Waals surface area (Å²) in [6.45, 7) is 3.19. The average molecular weight is 129 g/mol. The van der Waals surface area contributed by atoms with Gasteiger partial charge in [-0.2, -0.15) is 0 Å². The summed E-state index contributed by atoms with van der Waals surface area (Å²) < 4.78 is 0. The quantitative estimate of drug-likeness (QED) is 0.527. The molecule has 0 spiro atoms. The summed E-state index contributed by atoms with van der Waals surface area (Å²) in [5.41, 5.74) is 0.519. The Labute approximate surface area is 53.6 Å². The summed E-state index contributed by atoms with van der Waals surface area (Å²) in [4.78, 5) is 9.68. The Morgan fingerprint density at radius 3 is 2.11 bits per heavy atom. The molecule has 0 heterocycles. The molecule has 0 aliphatic rings. The molecular weight excluding hydrogens is 120 g/mol. The highest BCUT2D eigenvalue weighted by molar-refractivity contribution is 5.61. The molecule has 0 aliphatic heterocycles. The molecule has 0 fully saturated rings. The average Bonchev–Trinajstić information content (AvgIpc) is 1.84. The monoisotopic (exact) mass is 129 g/mol. The van der Waals surface area contributed by atoms with E-state index in [1.54, 1.807) is 13.8 Å². The number of allylic oxidation sites excluding steroid dienone is 1. The highest BCUT2D eigenvalue weighted by Crippen LogP contribution is 2.01. The molecule has 0 bridgehead atoms. The summed E-state index contributed by atoms with van der Waals surface area (Å²) >= 11 is 0. The van der Waals surface area contributed by atoms with E-state index >= 15 is 0 Å². The molecule has 0 aromatic carbocycles. The van der Waals surface area contributed by atoms with Crippen LogP contribution in [0.4, 0.5) is 0 Å². The second-order valence-corrected chi connectivity index (χ2v) is 1.91. The minimum Gasteiger partial charge on any atom is -0.509 e. The summed E-state index contributed by atoms with van der Waals surface area (Å²) in [6.07, 6.45) is -0.233. The van der Waals surface area contributed by atoms with Crippen molar-refractivity contribution in [2.45, 2.75) is 20.0 Å². The Kier molecular flexibility index (Phi) is 2.95. The van der Waals surface area contributed by atoms with Crippen LogP contribution in [-0.2, 0) is 4.79 Å². The Morgan fingerprint density at radius 2 is 2.00 bits per heavy atom. The van der Waals surface area contributed by atoms with Crippen LogP contribution < -0.4 is 0 Å². The van der Waals surface area contributed by atoms with Crippen LogP contribution in [-0.4, -0.2) is 22.6 Å². The summed E-state index contributed by atoms with van der Waals surface area (Å²) in [5.74, 6) is -0.315. The van der Waals surface area contributed by atoms with Crippen molar-refractivity contribution in [3.05, 3.63) is 11.3 Å². The molecule has 1 unspecified atom stereocenters. The number of hydrogen-bond donors (Lipinski definition) is 2. The van der Waals surface area contributed by atoms with E-state index in [0.717, 1.165) is 0 Å². The fourth-order valence-corrected chi connectivity index (χ4v) is 0.329. The van der Waals surface area contributed by atoms with Gasteiger partial charge in [-0.3, -0.25) is 4.79 Å². The molecule has 1 radical (unpaired) electrons. The fraction of sp³-hybridized carbons (Fsp3) is 0.500. The third-order valence-electron chi connectivity index (χ3n) is 0.883. The van der Waals surface area contributed by atoms with E-state index in [-0.39, 0.29) is 5.76 Å². The first-order chi connectivity index (χ1) is 4.09. The van der Waals surface area contributed by atoms with Gasteiger partial charge in [0.15, 0.2) is 6.10 Å². The molecule has 3 nitrogen and oxygen atoms in total. The Bertz CT molecular complexity index is 133. The van der Waals surface area contributed by atoms with Crippen molar-refractivity contribution in [3.63, 3.8) is 0 Å². The normalized spacial score (nSPS) is 12.3. The second kappa shape index (κ2) is 3.25. The number of aliphatic hydroxyl groups is 2. The predicted octanol–water partition coefficient (Wildman–Crippen LogP) is 0.309. The minimum atomic E-state index is -1.48. The van der Waals surface area contributed by atoms with Gasteiger partial charge in [0.1, 0.15) is 5.76 Å². The lowest BCUT2D eigenvalue weighted by Crippen LogP contribution is -2.11. The van der Waals surface area contributed by atoms with Gasteiger partial charge in [-0.25, -0.2) is 0 Å². The van der Waals surface area contributed by atoms with Crippen LogP contribution in [0.3, 0.4) is 0 Å². The number of carbonyl (C=O) groups excluding carboxylic acids is 1.